The number of halogens is 1. The predicted molar refractivity (Wildman–Crippen MR) is 146 cm³/mol. The van der Waals surface area contributed by atoms with Crippen LogP contribution >= 0.6 is 15.9 Å². The maximum atomic E-state index is 12.7. The second kappa shape index (κ2) is 10.4. The summed E-state index contributed by atoms with van der Waals surface area (Å²) in [4.78, 5) is 12.7. The number of aromatic nitrogens is 1. The van der Waals surface area contributed by atoms with Gasteiger partial charge in [0.15, 0.2) is 0 Å². The average molecular weight is 520 g/mol. The molecule has 5 heteroatoms. The van der Waals surface area contributed by atoms with Crippen molar-refractivity contribution in [2.45, 2.75) is 0 Å². The molecule has 170 valence electrons. The summed E-state index contributed by atoms with van der Waals surface area (Å²) in [5.41, 5.74) is 9.30. The van der Waals surface area contributed by atoms with Crippen molar-refractivity contribution < 1.29 is 4.79 Å². The molecule has 0 saturated carbocycles. The van der Waals surface area contributed by atoms with E-state index in [2.05, 4.69) is 73.5 Å². The first-order chi connectivity index (χ1) is 17.2. The number of para-hydroxylation sites is 1. The van der Waals surface area contributed by atoms with Crippen LogP contribution in [0.1, 0.15) is 15.9 Å². The third kappa shape index (κ3) is 4.86. The van der Waals surface area contributed by atoms with Gasteiger partial charge in [-0.2, -0.15) is 5.10 Å². The van der Waals surface area contributed by atoms with Crippen molar-refractivity contribution in [3.63, 3.8) is 0 Å². The zero-order chi connectivity index (χ0) is 24.0. The van der Waals surface area contributed by atoms with Crippen molar-refractivity contribution in [2.75, 3.05) is 0 Å². The highest BCUT2D eigenvalue weighted by Crippen LogP contribution is 2.35. The monoisotopic (exact) mass is 519 g/mol. The number of carbonyl (C=O) groups excluding carboxylic acids is 1. The maximum absolute atomic E-state index is 12.7. The number of benzene rings is 4. The Hall–Kier alpha value is -4.22. The summed E-state index contributed by atoms with van der Waals surface area (Å²) in [7, 11) is 0. The Morgan fingerprint density at radius 2 is 1.31 bits per heavy atom. The molecule has 0 unspecified atom stereocenters. The molecule has 5 rings (SSSR count). The minimum absolute atomic E-state index is 0.277. The van der Waals surface area contributed by atoms with Gasteiger partial charge in [-0.1, -0.05) is 91.0 Å². The molecular weight excluding hydrogens is 498 g/mol. The third-order valence-corrected chi connectivity index (χ3v) is 6.34. The fraction of sp³-hybridized carbons (Fsp3) is 0. The molecule has 1 heterocycles. The lowest BCUT2D eigenvalue weighted by Gasteiger charge is -2.15. The Balaban J connectivity index is 1.63. The molecule has 1 amide bonds. The average Bonchev–Trinajstić information content (AvgIpc) is 3.30. The quantitative estimate of drug-likeness (QED) is 0.185. The van der Waals surface area contributed by atoms with Crippen molar-refractivity contribution in [3.05, 3.63) is 137 Å². The molecule has 0 radical (unpaired) electrons. The smallest absolute Gasteiger partial charge is 0.272 e. The van der Waals surface area contributed by atoms with E-state index in [4.69, 9.17) is 0 Å². The number of hydrogen-bond acceptors (Lipinski definition) is 2. The fourth-order valence-corrected chi connectivity index (χ4v) is 4.52. The zero-order valence-corrected chi connectivity index (χ0v) is 20.4. The first-order valence-electron chi connectivity index (χ1n) is 11.2. The van der Waals surface area contributed by atoms with Gasteiger partial charge >= 0.3 is 0 Å². The Morgan fingerprint density at radius 1 is 0.743 bits per heavy atom. The molecule has 0 saturated heterocycles. The highest BCUT2D eigenvalue weighted by atomic mass is 79.9. The second-order valence-corrected chi connectivity index (χ2v) is 8.77. The first-order valence-corrected chi connectivity index (χ1v) is 12.0. The molecule has 0 bridgehead atoms. The van der Waals surface area contributed by atoms with Crippen molar-refractivity contribution in [1.82, 2.24) is 9.99 Å². The van der Waals surface area contributed by atoms with Crippen molar-refractivity contribution >= 4 is 28.1 Å². The Bertz CT molecular complexity index is 1480. The molecule has 1 N–H and O–H groups in total. The molecule has 0 atom stereocenters. The van der Waals surface area contributed by atoms with E-state index in [1.807, 2.05) is 72.8 Å². The number of nitrogens with zero attached hydrogens (tertiary/aromatic N) is 2. The van der Waals surface area contributed by atoms with E-state index in [9.17, 15) is 4.79 Å². The standard InChI is InChI=1S/C30H22BrN3O/c31-27-19-11-10-18-26(27)30(35)33-32-21-24-20-28(22-12-4-1-5-13-22)34(25-16-8-3-9-17-25)29(24)23-14-6-2-7-15-23/h1-21H,(H,33,35)/b32-21-. The highest BCUT2D eigenvalue weighted by Gasteiger charge is 2.18. The van der Waals surface area contributed by atoms with Gasteiger partial charge in [0.05, 0.1) is 23.2 Å². The van der Waals surface area contributed by atoms with Crippen LogP contribution in [0.2, 0.25) is 0 Å². The van der Waals surface area contributed by atoms with Crippen LogP contribution < -0.4 is 5.43 Å². The van der Waals surface area contributed by atoms with Gasteiger partial charge in [0, 0.05) is 15.7 Å². The summed E-state index contributed by atoms with van der Waals surface area (Å²) < 4.78 is 2.96. The van der Waals surface area contributed by atoms with Crippen LogP contribution in [0.5, 0.6) is 0 Å². The summed E-state index contributed by atoms with van der Waals surface area (Å²) in [5, 5.41) is 4.33. The number of hydrazone groups is 1. The molecule has 0 aliphatic carbocycles. The molecule has 0 fully saturated rings. The maximum Gasteiger partial charge on any atom is 0.272 e. The minimum Gasteiger partial charge on any atom is -0.309 e. The number of nitrogens with one attached hydrogen (secondary N) is 1. The van der Waals surface area contributed by atoms with Gasteiger partial charge in [-0.3, -0.25) is 4.79 Å². The van der Waals surface area contributed by atoms with Crippen molar-refractivity contribution in [2.24, 2.45) is 5.10 Å². The fourth-order valence-electron chi connectivity index (χ4n) is 4.05. The minimum atomic E-state index is -0.277. The van der Waals surface area contributed by atoms with Gasteiger partial charge < -0.3 is 4.57 Å². The number of hydrogen-bond donors (Lipinski definition) is 1. The lowest BCUT2D eigenvalue weighted by Crippen LogP contribution is -2.18. The normalized spacial score (nSPS) is 11.0. The van der Waals surface area contributed by atoms with E-state index in [0.29, 0.717) is 5.56 Å². The molecule has 35 heavy (non-hydrogen) atoms. The molecular formula is C30H22BrN3O. The van der Waals surface area contributed by atoms with E-state index < -0.39 is 0 Å². The summed E-state index contributed by atoms with van der Waals surface area (Å²) in [5.74, 6) is -0.277. The van der Waals surface area contributed by atoms with Gasteiger partial charge in [0.2, 0.25) is 0 Å². The summed E-state index contributed by atoms with van der Waals surface area (Å²) >= 11 is 3.42. The number of amides is 1. The van der Waals surface area contributed by atoms with E-state index in [-0.39, 0.29) is 5.91 Å². The predicted octanol–water partition coefficient (Wildman–Crippen LogP) is 7.34. The van der Waals surface area contributed by atoms with Crippen LogP contribution in [-0.4, -0.2) is 16.7 Å². The van der Waals surface area contributed by atoms with Crippen LogP contribution in [0.4, 0.5) is 0 Å². The van der Waals surface area contributed by atoms with Crippen LogP contribution in [0.3, 0.4) is 0 Å². The van der Waals surface area contributed by atoms with E-state index in [1.54, 1.807) is 12.3 Å². The topological polar surface area (TPSA) is 46.4 Å². The molecule has 0 aliphatic heterocycles. The SMILES string of the molecule is O=C(N/N=C\c1cc(-c2ccccc2)n(-c2ccccc2)c1-c1ccccc1)c1ccccc1Br. The molecule has 0 spiro atoms. The van der Waals surface area contributed by atoms with Crippen molar-refractivity contribution in [3.8, 4) is 28.2 Å². The van der Waals surface area contributed by atoms with E-state index >= 15 is 0 Å². The highest BCUT2D eigenvalue weighted by molar-refractivity contribution is 9.10. The number of carbonyl (C=O) groups is 1. The lowest BCUT2D eigenvalue weighted by atomic mass is 10.1. The molecule has 4 aromatic carbocycles. The summed E-state index contributed by atoms with van der Waals surface area (Å²) in [6, 6.07) is 40.1. The zero-order valence-electron chi connectivity index (χ0n) is 18.8. The van der Waals surface area contributed by atoms with E-state index in [0.717, 1.165) is 38.2 Å². The van der Waals surface area contributed by atoms with Gasteiger partial charge in [0.1, 0.15) is 0 Å². The summed E-state index contributed by atoms with van der Waals surface area (Å²) in [6.45, 7) is 0. The Labute approximate surface area is 212 Å². The first kappa shape index (κ1) is 22.6. The summed E-state index contributed by atoms with van der Waals surface area (Å²) in [6.07, 6.45) is 1.71. The lowest BCUT2D eigenvalue weighted by molar-refractivity contribution is 0.0954. The van der Waals surface area contributed by atoms with Gasteiger partial charge in [-0.25, -0.2) is 5.43 Å². The Kier molecular flexibility index (Phi) is 6.68. The third-order valence-electron chi connectivity index (χ3n) is 5.65. The van der Waals surface area contributed by atoms with Gasteiger partial charge in [-0.05, 0) is 57.4 Å². The Morgan fingerprint density at radius 3 is 1.97 bits per heavy atom. The van der Waals surface area contributed by atoms with Crippen molar-refractivity contribution in [1.29, 1.82) is 0 Å². The molecule has 5 aromatic rings. The number of rotatable bonds is 6. The van der Waals surface area contributed by atoms with Gasteiger partial charge in [-0.15, -0.1) is 0 Å². The van der Waals surface area contributed by atoms with Gasteiger partial charge in [0.25, 0.3) is 5.91 Å². The molecule has 1 aromatic heterocycles. The van der Waals surface area contributed by atoms with Crippen LogP contribution in [0.15, 0.2) is 131 Å². The largest absolute Gasteiger partial charge is 0.309 e. The van der Waals surface area contributed by atoms with Crippen LogP contribution in [0, 0.1) is 0 Å². The van der Waals surface area contributed by atoms with E-state index in [1.165, 1.54) is 0 Å². The van der Waals surface area contributed by atoms with Crippen LogP contribution in [-0.2, 0) is 0 Å². The second-order valence-electron chi connectivity index (χ2n) is 7.92. The van der Waals surface area contributed by atoms with Crippen LogP contribution in [0.25, 0.3) is 28.2 Å². The molecule has 4 nitrogen and oxygen atoms in total. The molecule has 0 aliphatic rings.